The molecular formula is C14H23ClN2O3S. The zero-order valence-electron chi connectivity index (χ0n) is 12.1. The van der Waals surface area contributed by atoms with Crippen LogP contribution in [0, 0.1) is 5.92 Å². The number of ether oxygens (including phenoxy) is 1. The molecule has 1 aromatic carbocycles. The molecule has 0 saturated heterocycles. The summed E-state index contributed by atoms with van der Waals surface area (Å²) in [5, 5.41) is 0. The van der Waals surface area contributed by atoms with E-state index < -0.39 is 10.0 Å². The Hall–Kier alpha value is -0.660. The summed E-state index contributed by atoms with van der Waals surface area (Å²) in [4.78, 5) is 0.287. The van der Waals surface area contributed by atoms with E-state index in [9.17, 15) is 8.42 Å². The number of rotatable bonds is 6. The van der Waals surface area contributed by atoms with Crippen LogP contribution >= 0.6 is 12.4 Å². The van der Waals surface area contributed by atoms with Gasteiger partial charge < -0.3 is 10.5 Å². The lowest BCUT2D eigenvalue weighted by atomic mass is 10.1. The molecule has 0 aliphatic heterocycles. The Morgan fingerprint density at radius 3 is 2.81 bits per heavy atom. The van der Waals surface area contributed by atoms with Crippen LogP contribution in [0.2, 0.25) is 0 Å². The van der Waals surface area contributed by atoms with Crippen LogP contribution in [-0.4, -0.2) is 28.1 Å². The number of benzene rings is 1. The largest absolute Gasteiger partial charge is 0.380 e. The molecule has 7 heteroatoms. The van der Waals surface area contributed by atoms with Gasteiger partial charge in [0.25, 0.3) is 0 Å². The summed E-state index contributed by atoms with van der Waals surface area (Å²) in [6.45, 7) is 0.926. The van der Waals surface area contributed by atoms with Gasteiger partial charge in [0.2, 0.25) is 10.0 Å². The second kappa shape index (κ2) is 8.10. The van der Waals surface area contributed by atoms with E-state index in [2.05, 4.69) is 4.72 Å². The van der Waals surface area contributed by atoms with Crippen molar-refractivity contribution in [2.75, 3.05) is 13.7 Å². The van der Waals surface area contributed by atoms with E-state index in [0.29, 0.717) is 13.2 Å². The summed E-state index contributed by atoms with van der Waals surface area (Å²) in [6.07, 6.45) is 2.88. The second-order valence-corrected chi connectivity index (χ2v) is 6.95. The van der Waals surface area contributed by atoms with Gasteiger partial charge >= 0.3 is 0 Å². The highest BCUT2D eigenvalue weighted by Gasteiger charge is 2.30. The smallest absolute Gasteiger partial charge is 0.240 e. The van der Waals surface area contributed by atoms with Crippen molar-refractivity contribution in [3.8, 4) is 0 Å². The number of nitrogens with one attached hydrogen (secondary N) is 1. The maximum atomic E-state index is 12.4. The molecule has 5 nitrogen and oxygen atoms in total. The standard InChI is InChI=1S/C14H22N2O3S.ClH/c1-19-10-11-4-2-6-13(8-11)20(17,18)16-14-7-3-5-12(14)9-15;/h2,4,6,8,12,14,16H,3,5,7,9-10,15H2,1H3;1H. The third-order valence-corrected chi connectivity index (χ3v) is 5.28. The first-order valence-corrected chi connectivity index (χ1v) is 8.35. The number of hydrogen-bond acceptors (Lipinski definition) is 4. The van der Waals surface area contributed by atoms with Crippen molar-refractivity contribution in [2.24, 2.45) is 11.7 Å². The second-order valence-electron chi connectivity index (χ2n) is 5.23. The number of hydrogen-bond donors (Lipinski definition) is 2. The molecule has 0 amide bonds. The molecule has 0 aromatic heterocycles. The first kappa shape index (κ1) is 18.4. The van der Waals surface area contributed by atoms with Crippen molar-refractivity contribution in [1.82, 2.24) is 4.72 Å². The van der Waals surface area contributed by atoms with Crippen molar-refractivity contribution in [3.05, 3.63) is 29.8 Å². The van der Waals surface area contributed by atoms with Gasteiger partial charge in [0.15, 0.2) is 0 Å². The Morgan fingerprint density at radius 1 is 1.38 bits per heavy atom. The monoisotopic (exact) mass is 334 g/mol. The minimum Gasteiger partial charge on any atom is -0.380 e. The molecule has 0 radical (unpaired) electrons. The van der Waals surface area contributed by atoms with Crippen LogP contribution in [0.1, 0.15) is 24.8 Å². The van der Waals surface area contributed by atoms with E-state index in [4.69, 9.17) is 10.5 Å². The molecule has 2 atom stereocenters. The van der Waals surface area contributed by atoms with Gasteiger partial charge in [-0.05, 0) is 43.0 Å². The fraction of sp³-hybridized carbons (Fsp3) is 0.571. The van der Waals surface area contributed by atoms with Gasteiger partial charge in [-0.15, -0.1) is 12.4 Å². The highest BCUT2D eigenvalue weighted by atomic mass is 35.5. The number of sulfonamides is 1. The topological polar surface area (TPSA) is 81.4 Å². The average Bonchev–Trinajstić information content (AvgIpc) is 2.86. The van der Waals surface area contributed by atoms with Gasteiger partial charge in [0.1, 0.15) is 0 Å². The molecule has 1 aliphatic rings. The first-order chi connectivity index (χ1) is 9.56. The summed E-state index contributed by atoms with van der Waals surface area (Å²) in [5.41, 5.74) is 6.54. The normalized spacial score (nSPS) is 22.0. The van der Waals surface area contributed by atoms with E-state index in [1.165, 1.54) is 0 Å². The predicted octanol–water partition coefficient (Wildman–Crippen LogP) is 1.66. The zero-order valence-corrected chi connectivity index (χ0v) is 13.8. The maximum Gasteiger partial charge on any atom is 0.240 e. The molecule has 2 rings (SSSR count). The lowest BCUT2D eigenvalue weighted by molar-refractivity contribution is 0.184. The van der Waals surface area contributed by atoms with Crippen LogP contribution in [0.25, 0.3) is 0 Å². The summed E-state index contributed by atoms with van der Waals surface area (Å²) < 4.78 is 32.7. The Morgan fingerprint density at radius 2 is 2.14 bits per heavy atom. The highest BCUT2D eigenvalue weighted by Crippen LogP contribution is 2.26. The SMILES string of the molecule is COCc1cccc(S(=O)(=O)NC2CCCC2CN)c1.Cl. The summed E-state index contributed by atoms with van der Waals surface area (Å²) in [6, 6.07) is 6.79. The van der Waals surface area contributed by atoms with Gasteiger partial charge in [-0.2, -0.15) is 0 Å². The lowest BCUT2D eigenvalue weighted by Gasteiger charge is -2.19. The third-order valence-electron chi connectivity index (χ3n) is 3.79. The molecule has 1 aromatic rings. The maximum absolute atomic E-state index is 12.4. The van der Waals surface area contributed by atoms with E-state index >= 15 is 0 Å². The highest BCUT2D eigenvalue weighted by molar-refractivity contribution is 7.89. The molecule has 1 fully saturated rings. The van der Waals surface area contributed by atoms with Crippen molar-refractivity contribution in [3.63, 3.8) is 0 Å². The van der Waals surface area contributed by atoms with Gasteiger partial charge in [0, 0.05) is 13.2 Å². The average molecular weight is 335 g/mol. The van der Waals surface area contributed by atoms with Crippen LogP contribution in [0.3, 0.4) is 0 Å². The molecule has 120 valence electrons. The van der Waals surface area contributed by atoms with E-state index in [-0.39, 0.29) is 29.3 Å². The quantitative estimate of drug-likeness (QED) is 0.829. The van der Waals surface area contributed by atoms with E-state index in [1.54, 1.807) is 25.3 Å². The van der Waals surface area contributed by atoms with Crippen LogP contribution in [-0.2, 0) is 21.4 Å². The number of halogens is 1. The molecule has 0 heterocycles. The fourth-order valence-electron chi connectivity index (χ4n) is 2.71. The van der Waals surface area contributed by atoms with Gasteiger partial charge in [-0.1, -0.05) is 18.6 Å². The van der Waals surface area contributed by atoms with Crippen LogP contribution in [0.15, 0.2) is 29.2 Å². The Labute approximate surface area is 132 Å². The fourth-order valence-corrected chi connectivity index (χ4v) is 4.12. The van der Waals surface area contributed by atoms with Crippen molar-refractivity contribution in [1.29, 1.82) is 0 Å². The number of nitrogens with two attached hydrogens (primary N) is 1. The van der Waals surface area contributed by atoms with Crippen molar-refractivity contribution < 1.29 is 13.2 Å². The van der Waals surface area contributed by atoms with E-state index in [1.807, 2.05) is 6.07 Å². The van der Waals surface area contributed by atoms with Gasteiger partial charge in [-0.3, -0.25) is 0 Å². The zero-order chi connectivity index (χ0) is 14.6. The Kier molecular flexibility index (Phi) is 7.09. The van der Waals surface area contributed by atoms with Crippen molar-refractivity contribution >= 4 is 22.4 Å². The molecule has 0 spiro atoms. The molecule has 2 unspecified atom stereocenters. The summed E-state index contributed by atoms with van der Waals surface area (Å²) in [5.74, 6) is 0.243. The molecule has 1 saturated carbocycles. The molecule has 0 bridgehead atoms. The summed E-state index contributed by atoms with van der Waals surface area (Å²) in [7, 11) is -1.90. The minimum absolute atomic E-state index is 0. The van der Waals surface area contributed by atoms with Crippen LogP contribution < -0.4 is 10.5 Å². The molecule has 1 aliphatic carbocycles. The molecule has 3 N–H and O–H groups in total. The predicted molar refractivity (Wildman–Crippen MR) is 84.9 cm³/mol. The Bertz CT molecular complexity index is 551. The number of methoxy groups -OCH3 is 1. The third kappa shape index (κ3) is 4.66. The lowest BCUT2D eigenvalue weighted by Crippen LogP contribution is -2.39. The van der Waals surface area contributed by atoms with E-state index in [0.717, 1.165) is 24.8 Å². The molecule has 21 heavy (non-hydrogen) atoms. The summed E-state index contributed by atoms with van der Waals surface area (Å²) >= 11 is 0. The van der Waals surface area contributed by atoms with Gasteiger partial charge in [-0.25, -0.2) is 13.1 Å². The first-order valence-electron chi connectivity index (χ1n) is 6.87. The van der Waals surface area contributed by atoms with Gasteiger partial charge in [0.05, 0.1) is 11.5 Å². The molecular weight excluding hydrogens is 312 g/mol. The minimum atomic E-state index is -3.49. The van der Waals surface area contributed by atoms with Crippen molar-refractivity contribution in [2.45, 2.75) is 36.8 Å². The van der Waals surface area contributed by atoms with Crippen LogP contribution in [0.5, 0.6) is 0 Å². The van der Waals surface area contributed by atoms with Crippen LogP contribution in [0.4, 0.5) is 0 Å². The Balaban J connectivity index is 0.00000220.